The average Bonchev–Trinajstić information content (AvgIpc) is 2.82. The Morgan fingerprint density at radius 1 is 1.03 bits per heavy atom. The van der Waals surface area contributed by atoms with Crippen molar-refractivity contribution in [3.8, 4) is 0 Å². The molecule has 0 bridgehead atoms. The molecule has 173 valence electrons. The van der Waals surface area contributed by atoms with Gasteiger partial charge in [0, 0.05) is 17.8 Å². The van der Waals surface area contributed by atoms with E-state index in [-0.39, 0.29) is 28.5 Å². The number of likely N-dealkylation sites (N-methyl/N-ethyl adjacent to an activating group) is 1. The largest absolute Gasteiger partial charge is 0.346 e. The van der Waals surface area contributed by atoms with E-state index in [9.17, 15) is 22.4 Å². The highest BCUT2D eigenvalue weighted by atomic mass is 32.2. The fourth-order valence-corrected chi connectivity index (χ4v) is 4.31. The minimum absolute atomic E-state index is 0.00463. The van der Waals surface area contributed by atoms with Gasteiger partial charge in [-0.05, 0) is 42.8 Å². The molecule has 0 aromatic heterocycles. The molecule has 8 heteroatoms. The van der Waals surface area contributed by atoms with E-state index >= 15 is 0 Å². The predicted molar refractivity (Wildman–Crippen MR) is 126 cm³/mol. The minimum atomic E-state index is -3.31. The van der Waals surface area contributed by atoms with Crippen LogP contribution in [0.2, 0.25) is 0 Å². The van der Waals surface area contributed by atoms with Crippen molar-refractivity contribution in [1.29, 1.82) is 0 Å². The number of carbonyl (C=O) groups is 2. The van der Waals surface area contributed by atoms with Crippen molar-refractivity contribution in [2.45, 2.75) is 31.2 Å². The number of rotatable bonds is 8. The molecule has 3 rings (SSSR count). The summed E-state index contributed by atoms with van der Waals surface area (Å²) >= 11 is 0. The van der Waals surface area contributed by atoms with Crippen molar-refractivity contribution < 1.29 is 22.4 Å². The van der Waals surface area contributed by atoms with Crippen molar-refractivity contribution in [1.82, 2.24) is 5.32 Å². The summed E-state index contributed by atoms with van der Waals surface area (Å²) in [6, 6.07) is 14.2. The number of halogens is 1. The topological polar surface area (TPSA) is 83.6 Å². The van der Waals surface area contributed by atoms with Gasteiger partial charge < -0.3 is 10.2 Å². The highest BCUT2D eigenvalue weighted by molar-refractivity contribution is 7.91. The molecule has 1 N–H and O–H groups in total. The number of carbonyl (C=O) groups excluding carboxylic acids is 2. The van der Waals surface area contributed by atoms with E-state index in [1.165, 1.54) is 24.3 Å². The standard InChI is InChI=1S/C25H26FN2O4S/c1-3-28(20-8-6-5-7-9-20)25(30)19-12-15-23(22(26)17-19)27-24(29)16-18-10-13-21(14-11-18)33(31,32)4-2/h5-15,17,23H,3-4,16H2,1-2H3,(H,27,29). The number of nitrogens with zero attached hydrogens (tertiary/aromatic N) is 1. The number of para-hydroxylation sites is 1. The number of benzene rings is 2. The van der Waals surface area contributed by atoms with Crippen LogP contribution in [-0.2, 0) is 25.8 Å². The summed E-state index contributed by atoms with van der Waals surface area (Å²) in [5, 5.41) is 2.58. The zero-order valence-corrected chi connectivity index (χ0v) is 19.3. The molecule has 1 aliphatic carbocycles. The van der Waals surface area contributed by atoms with E-state index in [4.69, 9.17) is 0 Å². The van der Waals surface area contributed by atoms with Crippen molar-refractivity contribution in [3.63, 3.8) is 0 Å². The number of hydrogen-bond donors (Lipinski definition) is 1. The van der Waals surface area contributed by atoms with Crippen LogP contribution in [0.15, 0.2) is 83.3 Å². The number of hydrogen-bond acceptors (Lipinski definition) is 4. The first kappa shape index (κ1) is 24.4. The van der Waals surface area contributed by atoms with Gasteiger partial charge in [-0.1, -0.05) is 49.4 Å². The second-order valence-corrected chi connectivity index (χ2v) is 9.78. The first-order chi connectivity index (χ1) is 15.7. The maximum atomic E-state index is 14.7. The number of amides is 2. The molecule has 1 unspecified atom stereocenters. The van der Waals surface area contributed by atoms with Gasteiger partial charge in [-0.25, -0.2) is 12.8 Å². The smallest absolute Gasteiger partial charge is 0.258 e. The Hall–Kier alpha value is -3.26. The summed E-state index contributed by atoms with van der Waals surface area (Å²) in [5.74, 6) is -0.759. The fraction of sp³-hybridized carbons (Fsp3) is 0.240. The molecule has 2 aromatic rings. The van der Waals surface area contributed by atoms with Crippen molar-refractivity contribution >= 4 is 27.3 Å². The van der Waals surface area contributed by atoms with E-state index in [1.54, 1.807) is 24.0 Å². The van der Waals surface area contributed by atoms with Crippen LogP contribution in [0, 0.1) is 6.17 Å². The van der Waals surface area contributed by atoms with Gasteiger partial charge in [0.25, 0.3) is 5.91 Å². The molecule has 1 radical (unpaired) electrons. The molecule has 0 aliphatic heterocycles. The molecular formula is C25H26FN2O4S. The zero-order chi connectivity index (χ0) is 24.0. The lowest BCUT2D eigenvalue weighted by Crippen LogP contribution is -2.39. The number of sulfone groups is 1. The van der Waals surface area contributed by atoms with Crippen molar-refractivity contribution in [3.05, 3.63) is 90.1 Å². The molecule has 0 saturated carbocycles. The van der Waals surface area contributed by atoms with Crippen molar-refractivity contribution in [2.24, 2.45) is 0 Å². The molecule has 33 heavy (non-hydrogen) atoms. The summed E-state index contributed by atoms with van der Waals surface area (Å²) in [6.07, 6.45) is 3.42. The number of nitrogens with one attached hydrogen (secondary N) is 1. The van der Waals surface area contributed by atoms with Gasteiger partial charge in [0.2, 0.25) is 5.91 Å². The van der Waals surface area contributed by atoms with Crippen molar-refractivity contribution in [2.75, 3.05) is 17.2 Å². The molecule has 2 amide bonds. The van der Waals surface area contributed by atoms with E-state index in [0.717, 1.165) is 6.08 Å². The van der Waals surface area contributed by atoms with Gasteiger partial charge >= 0.3 is 0 Å². The highest BCUT2D eigenvalue weighted by Crippen LogP contribution is 2.24. The van der Waals surface area contributed by atoms with E-state index < -0.39 is 28.0 Å². The second kappa shape index (κ2) is 10.6. The summed E-state index contributed by atoms with van der Waals surface area (Å²) < 4.78 is 38.5. The first-order valence-electron chi connectivity index (χ1n) is 10.7. The Labute approximate surface area is 193 Å². The Balaban J connectivity index is 1.61. The molecule has 1 atom stereocenters. The monoisotopic (exact) mass is 469 g/mol. The van der Waals surface area contributed by atoms with Crippen LogP contribution >= 0.6 is 0 Å². The normalized spacial score (nSPS) is 16.2. The van der Waals surface area contributed by atoms with Crippen LogP contribution in [0.25, 0.3) is 0 Å². The summed E-state index contributed by atoms with van der Waals surface area (Å²) in [6.45, 7) is 3.83. The number of anilines is 1. The minimum Gasteiger partial charge on any atom is -0.346 e. The van der Waals surface area contributed by atoms with Gasteiger partial charge in [0.05, 0.1) is 23.1 Å². The van der Waals surface area contributed by atoms with Gasteiger partial charge in [-0.3, -0.25) is 9.59 Å². The first-order valence-corrected chi connectivity index (χ1v) is 12.3. The molecule has 6 nitrogen and oxygen atoms in total. The molecule has 0 saturated heterocycles. The summed E-state index contributed by atoms with van der Waals surface area (Å²) in [5.41, 5.74) is 1.51. The molecule has 0 heterocycles. The maximum Gasteiger partial charge on any atom is 0.258 e. The van der Waals surface area contributed by atoms with Gasteiger partial charge in [-0.15, -0.1) is 0 Å². The lowest BCUT2D eigenvalue weighted by atomic mass is 9.99. The van der Waals surface area contributed by atoms with Crippen LogP contribution < -0.4 is 10.2 Å². The lowest BCUT2D eigenvalue weighted by Gasteiger charge is -2.25. The van der Waals surface area contributed by atoms with Gasteiger partial charge in [-0.2, -0.15) is 0 Å². The molecule has 2 aromatic carbocycles. The van der Waals surface area contributed by atoms with Crippen LogP contribution in [-0.4, -0.2) is 38.6 Å². The van der Waals surface area contributed by atoms with E-state index in [2.05, 4.69) is 5.32 Å². The Morgan fingerprint density at radius 2 is 1.70 bits per heavy atom. The molecule has 0 spiro atoms. The third-order valence-corrected chi connectivity index (χ3v) is 7.03. The SMILES string of the molecule is CCN(C(=O)C1=C[C](F)C(NC(=O)Cc2ccc(S(=O)(=O)CC)cc2)C=C1)c1ccccc1. The zero-order valence-electron chi connectivity index (χ0n) is 18.5. The van der Waals surface area contributed by atoms with Gasteiger partial charge in [0.1, 0.15) is 0 Å². The third kappa shape index (κ3) is 5.96. The van der Waals surface area contributed by atoms with Gasteiger partial charge in [0.15, 0.2) is 16.0 Å². The molecule has 0 fully saturated rings. The molecular weight excluding hydrogens is 443 g/mol. The third-order valence-electron chi connectivity index (χ3n) is 5.28. The maximum absolute atomic E-state index is 14.7. The molecule has 1 aliphatic rings. The highest BCUT2D eigenvalue weighted by Gasteiger charge is 2.27. The van der Waals surface area contributed by atoms with E-state index in [1.807, 2.05) is 37.3 Å². The van der Waals surface area contributed by atoms with Crippen LogP contribution in [0.1, 0.15) is 19.4 Å². The lowest BCUT2D eigenvalue weighted by molar-refractivity contribution is -0.120. The van der Waals surface area contributed by atoms with Crippen LogP contribution in [0.4, 0.5) is 10.1 Å². The Bertz CT molecular complexity index is 1160. The quantitative estimate of drug-likeness (QED) is 0.641. The summed E-state index contributed by atoms with van der Waals surface area (Å²) in [7, 11) is -3.31. The second-order valence-electron chi connectivity index (χ2n) is 7.50. The fourth-order valence-electron chi connectivity index (χ4n) is 3.43. The van der Waals surface area contributed by atoms with Crippen LogP contribution in [0.3, 0.4) is 0 Å². The van der Waals surface area contributed by atoms with Crippen LogP contribution in [0.5, 0.6) is 0 Å². The van der Waals surface area contributed by atoms with E-state index in [0.29, 0.717) is 17.8 Å². The Morgan fingerprint density at radius 3 is 2.27 bits per heavy atom. The Kier molecular flexibility index (Phi) is 7.81. The average molecular weight is 470 g/mol. The summed E-state index contributed by atoms with van der Waals surface area (Å²) in [4.78, 5) is 27.0. The predicted octanol–water partition coefficient (Wildman–Crippen LogP) is 3.56.